The van der Waals surface area contributed by atoms with Crippen molar-refractivity contribution in [1.29, 1.82) is 0 Å². The first kappa shape index (κ1) is 11.7. The molecule has 3 atom stereocenters. The summed E-state index contributed by atoms with van der Waals surface area (Å²) in [6.45, 7) is 3.95. The maximum atomic E-state index is 10.9. The second-order valence-electron chi connectivity index (χ2n) is 5.21. The Hall–Kier alpha value is -0.790. The van der Waals surface area contributed by atoms with Crippen LogP contribution in [0.2, 0.25) is 0 Å². The lowest BCUT2D eigenvalue weighted by atomic mass is 9.89. The molecule has 2 nitrogen and oxygen atoms in total. The van der Waals surface area contributed by atoms with Crippen molar-refractivity contribution in [2.24, 2.45) is 17.8 Å². The predicted molar refractivity (Wildman–Crippen MR) is 63.9 cm³/mol. The molecule has 16 heavy (non-hydrogen) atoms. The zero-order valence-corrected chi connectivity index (χ0v) is 9.99. The lowest BCUT2D eigenvalue weighted by Crippen LogP contribution is -2.11. The van der Waals surface area contributed by atoms with Crippen molar-refractivity contribution in [1.82, 2.24) is 0 Å². The molecule has 2 rings (SSSR count). The Bertz CT molecular complexity index is 259. The van der Waals surface area contributed by atoms with Gasteiger partial charge in [-0.25, -0.2) is 4.79 Å². The van der Waals surface area contributed by atoms with E-state index in [1.54, 1.807) is 0 Å². The van der Waals surface area contributed by atoms with Crippen LogP contribution in [0.15, 0.2) is 12.7 Å². The molecule has 0 aromatic rings. The van der Waals surface area contributed by atoms with Crippen molar-refractivity contribution in [2.75, 3.05) is 6.61 Å². The van der Waals surface area contributed by atoms with Gasteiger partial charge in [-0.3, -0.25) is 0 Å². The van der Waals surface area contributed by atoms with Gasteiger partial charge in [0.2, 0.25) is 0 Å². The molecule has 0 bridgehead atoms. The molecule has 0 saturated heterocycles. The average molecular weight is 222 g/mol. The van der Waals surface area contributed by atoms with Crippen molar-refractivity contribution in [3.8, 4) is 0 Å². The molecule has 2 saturated carbocycles. The molecular weight excluding hydrogens is 200 g/mol. The number of hydrogen-bond acceptors (Lipinski definition) is 2. The van der Waals surface area contributed by atoms with E-state index in [4.69, 9.17) is 4.74 Å². The lowest BCUT2D eigenvalue weighted by molar-refractivity contribution is -0.137. The molecule has 2 heteroatoms. The van der Waals surface area contributed by atoms with E-state index in [2.05, 4.69) is 6.58 Å². The Morgan fingerprint density at radius 2 is 2.19 bits per heavy atom. The molecule has 0 radical (unpaired) electrons. The van der Waals surface area contributed by atoms with Gasteiger partial charge in [-0.1, -0.05) is 19.4 Å². The summed E-state index contributed by atoms with van der Waals surface area (Å²) < 4.78 is 5.01. The topological polar surface area (TPSA) is 26.3 Å². The average Bonchev–Trinajstić information content (AvgIpc) is 2.87. The van der Waals surface area contributed by atoms with Gasteiger partial charge in [-0.05, 0) is 49.9 Å². The van der Waals surface area contributed by atoms with Crippen LogP contribution in [-0.4, -0.2) is 12.6 Å². The number of carbonyl (C=O) groups is 1. The molecule has 0 aromatic carbocycles. The van der Waals surface area contributed by atoms with Crippen molar-refractivity contribution in [3.63, 3.8) is 0 Å². The number of ether oxygens (including phenoxy) is 1. The molecule has 3 unspecified atom stereocenters. The second-order valence-corrected chi connectivity index (χ2v) is 5.21. The van der Waals surface area contributed by atoms with E-state index < -0.39 is 0 Å². The minimum atomic E-state index is -0.287. The third kappa shape index (κ3) is 2.66. The van der Waals surface area contributed by atoms with Gasteiger partial charge in [0, 0.05) is 6.08 Å². The number of hydrogen-bond donors (Lipinski definition) is 0. The van der Waals surface area contributed by atoms with Gasteiger partial charge in [0.1, 0.15) is 0 Å². The third-order valence-corrected chi connectivity index (χ3v) is 4.36. The molecule has 2 aliphatic rings. The van der Waals surface area contributed by atoms with Gasteiger partial charge in [0.15, 0.2) is 0 Å². The molecule has 0 aliphatic heterocycles. The number of fused-ring (bicyclic) bond motifs is 1. The van der Waals surface area contributed by atoms with Crippen molar-refractivity contribution < 1.29 is 9.53 Å². The van der Waals surface area contributed by atoms with Crippen LogP contribution in [-0.2, 0) is 9.53 Å². The van der Waals surface area contributed by atoms with Crippen molar-refractivity contribution in [2.45, 2.75) is 44.9 Å². The van der Waals surface area contributed by atoms with Crippen LogP contribution in [0.1, 0.15) is 44.9 Å². The van der Waals surface area contributed by atoms with Crippen LogP contribution < -0.4 is 0 Å². The summed E-state index contributed by atoms with van der Waals surface area (Å²) in [5.74, 6) is 2.65. The number of carbonyl (C=O) groups excluding carboxylic acids is 1. The first-order valence-electron chi connectivity index (χ1n) is 6.60. The Morgan fingerprint density at radius 3 is 3.00 bits per heavy atom. The van der Waals surface area contributed by atoms with Crippen LogP contribution in [0.3, 0.4) is 0 Å². The summed E-state index contributed by atoms with van der Waals surface area (Å²) in [6, 6.07) is 0. The van der Waals surface area contributed by atoms with Crippen LogP contribution in [0.5, 0.6) is 0 Å². The van der Waals surface area contributed by atoms with E-state index >= 15 is 0 Å². The van der Waals surface area contributed by atoms with Crippen LogP contribution in [0, 0.1) is 17.8 Å². The quantitative estimate of drug-likeness (QED) is 0.405. The van der Waals surface area contributed by atoms with E-state index in [0.717, 1.165) is 24.2 Å². The highest BCUT2D eigenvalue weighted by atomic mass is 16.5. The van der Waals surface area contributed by atoms with E-state index in [-0.39, 0.29) is 5.97 Å². The summed E-state index contributed by atoms with van der Waals surface area (Å²) in [7, 11) is 0. The molecule has 0 spiro atoms. The Kier molecular flexibility index (Phi) is 4.03. The molecular formula is C14H22O2. The van der Waals surface area contributed by atoms with Gasteiger partial charge >= 0.3 is 5.97 Å². The summed E-state index contributed by atoms with van der Waals surface area (Å²) in [5, 5.41) is 0. The minimum absolute atomic E-state index is 0.287. The summed E-state index contributed by atoms with van der Waals surface area (Å²) >= 11 is 0. The highest BCUT2D eigenvalue weighted by Gasteiger charge is 2.38. The first-order chi connectivity index (χ1) is 7.81. The Labute approximate surface area is 98.1 Å². The zero-order valence-electron chi connectivity index (χ0n) is 9.99. The SMILES string of the molecule is C=CC(=O)OCCCC1CCC2CCCC12. The van der Waals surface area contributed by atoms with Gasteiger partial charge in [0.25, 0.3) is 0 Å². The number of esters is 1. The summed E-state index contributed by atoms with van der Waals surface area (Å²) in [5.41, 5.74) is 0. The highest BCUT2D eigenvalue weighted by Crippen LogP contribution is 2.48. The smallest absolute Gasteiger partial charge is 0.330 e. The normalized spacial score (nSPS) is 32.4. The second kappa shape index (κ2) is 5.51. The Balaban J connectivity index is 1.63. The maximum absolute atomic E-state index is 10.9. The van der Waals surface area contributed by atoms with Gasteiger partial charge in [-0.15, -0.1) is 0 Å². The Morgan fingerprint density at radius 1 is 1.31 bits per heavy atom. The van der Waals surface area contributed by atoms with E-state index in [1.807, 2.05) is 0 Å². The number of rotatable bonds is 5. The van der Waals surface area contributed by atoms with E-state index in [1.165, 1.54) is 44.6 Å². The maximum Gasteiger partial charge on any atom is 0.330 e. The molecule has 2 aliphatic carbocycles. The van der Waals surface area contributed by atoms with Crippen LogP contribution >= 0.6 is 0 Å². The minimum Gasteiger partial charge on any atom is -0.463 e. The molecule has 0 aromatic heterocycles. The largest absolute Gasteiger partial charge is 0.463 e. The fourth-order valence-corrected chi connectivity index (χ4v) is 3.62. The van der Waals surface area contributed by atoms with Crippen molar-refractivity contribution >= 4 is 5.97 Å². The highest BCUT2D eigenvalue weighted by molar-refractivity contribution is 5.81. The van der Waals surface area contributed by atoms with Gasteiger partial charge in [-0.2, -0.15) is 0 Å². The molecule has 90 valence electrons. The predicted octanol–water partition coefficient (Wildman–Crippen LogP) is 3.32. The molecule has 2 fully saturated rings. The van der Waals surface area contributed by atoms with E-state index in [9.17, 15) is 4.79 Å². The monoisotopic (exact) mass is 222 g/mol. The third-order valence-electron chi connectivity index (χ3n) is 4.36. The summed E-state index contributed by atoms with van der Waals surface area (Å²) in [4.78, 5) is 10.9. The van der Waals surface area contributed by atoms with Crippen LogP contribution in [0.25, 0.3) is 0 Å². The zero-order chi connectivity index (χ0) is 11.4. The molecule has 0 amide bonds. The molecule has 0 N–H and O–H groups in total. The van der Waals surface area contributed by atoms with Gasteiger partial charge in [0.05, 0.1) is 6.61 Å². The van der Waals surface area contributed by atoms with Gasteiger partial charge < -0.3 is 4.74 Å². The standard InChI is InChI=1S/C14H22O2/c1-2-14(15)16-10-4-6-12-9-8-11-5-3-7-13(11)12/h2,11-13H,1,3-10H2. The van der Waals surface area contributed by atoms with E-state index in [0.29, 0.717) is 6.61 Å². The summed E-state index contributed by atoms with van der Waals surface area (Å²) in [6.07, 6.45) is 10.7. The molecule has 0 heterocycles. The van der Waals surface area contributed by atoms with Crippen LogP contribution in [0.4, 0.5) is 0 Å². The first-order valence-corrected chi connectivity index (χ1v) is 6.60. The fourth-order valence-electron chi connectivity index (χ4n) is 3.62. The fraction of sp³-hybridized carbons (Fsp3) is 0.786. The lowest BCUT2D eigenvalue weighted by Gasteiger charge is -2.17. The van der Waals surface area contributed by atoms with Crippen molar-refractivity contribution in [3.05, 3.63) is 12.7 Å².